The minimum Gasteiger partial charge on any atom is -0.508 e. The molecule has 2 atom stereocenters. The Hall–Kier alpha value is -3.67. The monoisotopic (exact) mass is 424 g/mol. The molecule has 1 aromatic carbocycles. The topological polar surface area (TPSA) is 208 Å². The van der Waals surface area contributed by atoms with Crippen LogP contribution in [0.25, 0.3) is 0 Å². The summed E-state index contributed by atoms with van der Waals surface area (Å²) in [5.41, 5.74) is 5.62. The van der Waals surface area contributed by atoms with Gasteiger partial charge >= 0.3 is 11.9 Å². The Labute approximate surface area is 171 Å². The summed E-state index contributed by atoms with van der Waals surface area (Å²) in [5.74, 6) is -4.81. The van der Waals surface area contributed by atoms with E-state index in [9.17, 15) is 34.2 Å². The fourth-order valence-corrected chi connectivity index (χ4v) is 2.37. The normalized spacial score (nSPS) is 12.3. The van der Waals surface area contributed by atoms with Gasteiger partial charge in [-0.1, -0.05) is 12.1 Å². The van der Waals surface area contributed by atoms with Crippen LogP contribution in [-0.2, 0) is 30.4 Å². The molecule has 0 saturated heterocycles. The highest BCUT2D eigenvalue weighted by Crippen LogP contribution is 2.12. The number of rotatable bonds is 12. The Bertz CT molecular complexity index is 781. The van der Waals surface area contributed by atoms with Gasteiger partial charge in [0.25, 0.3) is 0 Å². The standard InChI is InChI=1S/C18H24N4O8/c19-8-14(24)20-9-15(25)21-12(5-6-16(26)27)17(28)22-13(18(29)30)7-10-1-3-11(23)4-2-10/h1-4,12-13,23H,5-9,19H2,(H,20,24)(H,21,25)(H,22,28)(H,26,27)(H,29,30). The van der Waals surface area contributed by atoms with Gasteiger partial charge in [-0.05, 0) is 24.1 Å². The van der Waals surface area contributed by atoms with Crippen molar-refractivity contribution in [1.82, 2.24) is 16.0 Å². The number of nitrogens with one attached hydrogen (secondary N) is 3. The summed E-state index contributed by atoms with van der Waals surface area (Å²) >= 11 is 0. The Morgan fingerprint density at radius 2 is 1.57 bits per heavy atom. The maximum Gasteiger partial charge on any atom is 0.326 e. The number of phenolic OH excluding ortho intramolecular Hbond substituents is 1. The number of carboxylic acids is 2. The van der Waals surface area contributed by atoms with Crippen molar-refractivity contribution in [1.29, 1.82) is 0 Å². The first-order chi connectivity index (χ1) is 14.1. The van der Waals surface area contributed by atoms with Crippen molar-refractivity contribution in [2.45, 2.75) is 31.3 Å². The highest BCUT2D eigenvalue weighted by atomic mass is 16.4. The van der Waals surface area contributed by atoms with E-state index in [2.05, 4.69) is 16.0 Å². The van der Waals surface area contributed by atoms with E-state index >= 15 is 0 Å². The van der Waals surface area contributed by atoms with Gasteiger partial charge in [0, 0.05) is 12.8 Å². The first-order valence-corrected chi connectivity index (χ1v) is 8.91. The van der Waals surface area contributed by atoms with Crippen LogP contribution < -0.4 is 21.7 Å². The molecular weight excluding hydrogens is 400 g/mol. The van der Waals surface area contributed by atoms with Gasteiger partial charge in [-0.25, -0.2) is 4.79 Å². The van der Waals surface area contributed by atoms with Crippen molar-refractivity contribution in [3.05, 3.63) is 29.8 Å². The molecule has 0 fully saturated rings. The van der Waals surface area contributed by atoms with Crippen molar-refractivity contribution in [3.63, 3.8) is 0 Å². The van der Waals surface area contributed by atoms with Crippen LogP contribution >= 0.6 is 0 Å². The molecule has 0 aromatic heterocycles. The lowest BCUT2D eigenvalue weighted by Crippen LogP contribution is -2.53. The van der Waals surface area contributed by atoms with Crippen molar-refractivity contribution < 1.29 is 39.3 Å². The number of hydrogen-bond acceptors (Lipinski definition) is 7. The minimum absolute atomic E-state index is 0.00663. The smallest absolute Gasteiger partial charge is 0.326 e. The summed E-state index contributed by atoms with van der Waals surface area (Å²) < 4.78 is 0. The van der Waals surface area contributed by atoms with Gasteiger partial charge in [-0.15, -0.1) is 0 Å². The van der Waals surface area contributed by atoms with E-state index in [0.29, 0.717) is 5.56 Å². The van der Waals surface area contributed by atoms with Gasteiger partial charge < -0.3 is 37.0 Å². The molecule has 12 nitrogen and oxygen atoms in total. The molecular formula is C18H24N4O8. The summed E-state index contributed by atoms with van der Waals surface area (Å²) in [6.07, 6.45) is -0.847. The number of nitrogens with two attached hydrogens (primary N) is 1. The van der Waals surface area contributed by atoms with Crippen LogP contribution in [0, 0.1) is 0 Å². The first-order valence-electron chi connectivity index (χ1n) is 8.91. The van der Waals surface area contributed by atoms with E-state index in [1.807, 2.05) is 0 Å². The zero-order chi connectivity index (χ0) is 22.7. The number of carbonyl (C=O) groups excluding carboxylic acids is 3. The summed E-state index contributed by atoms with van der Waals surface area (Å²) in [6, 6.07) is 3.01. The molecule has 3 amide bonds. The quantitative estimate of drug-likeness (QED) is 0.196. The van der Waals surface area contributed by atoms with Crippen LogP contribution in [-0.4, -0.2) is 70.2 Å². The van der Waals surface area contributed by atoms with Crippen molar-refractivity contribution in [3.8, 4) is 5.75 Å². The molecule has 1 aromatic rings. The van der Waals surface area contributed by atoms with E-state index in [-0.39, 0.29) is 25.1 Å². The van der Waals surface area contributed by atoms with Crippen molar-refractivity contribution in [2.24, 2.45) is 5.73 Å². The molecule has 0 aliphatic carbocycles. The van der Waals surface area contributed by atoms with Gasteiger partial charge in [0.1, 0.15) is 17.8 Å². The average Bonchev–Trinajstić information content (AvgIpc) is 2.69. The molecule has 0 aliphatic rings. The Morgan fingerprint density at radius 3 is 2.10 bits per heavy atom. The molecule has 12 heteroatoms. The van der Waals surface area contributed by atoms with Crippen LogP contribution in [0.2, 0.25) is 0 Å². The zero-order valence-electron chi connectivity index (χ0n) is 16.0. The van der Waals surface area contributed by atoms with Crippen molar-refractivity contribution in [2.75, 3.05) is 13.1 Å². The largest absolute Gasteiger partial charge is 0.508 e. The molecule has 0 saturated carbocycles. The van der Waals surface area contributed by atoms with Crippen LogP contribution in [0.1, 0.15) is 18.4 Å². The molecule has 30 heavy (non-hydrogen) atoms. The Balaban J connectivity index is 2.82. The van der Waals surface area contributed by atoms with Gasteiger partial charge in [0.05, 0.1) is 13.1 Å². The van der Waals surface area contributed by atoms with E-state index < -0.39 is 54.7 Å². The third-order valence-electron chi connectivity index (χ3n) is 3.92. The Morgan fingerprint density at radius 1 is 0.933 bits per heavy atom. The second-order valence-corrected chi connectivity index (χ2v) is 6.30. The predicted molar refractivity (Wildman–Crippen MR) is 102 cm³/mol. The number of aromatic hydroxyl groups is 1. The lowest BCUT2D eigenvalue weighted by atomic mass is 10.0. The van der Waals surface area contributed by atoms with Crippen LogP contribution in [0.4, 0.5) is 0 Å². The first kappa shape index (κ1) is 24.4. The van der Waals surface area contributed by atoms with E-state index in [1.54, 1.807) is 0 Å². The van der Waals surface area contributed by atoms with Crippen molar-refractivity contribution >= 4 is 29.7 Å². The SMILES string of the molecule is NCC(=O)NCC(=O)NC(CCC(=O)O)C(=O)NC(Cc1ccc(O)cc1)C(=O)O. The predicted octanol–water partition coefficient (Wildman–Crippen LogP) is -2.07. The van der Waals surface area contributed by atoms with Crippen LogP contribution in [0.5, 0.6) is 5.75 Å². The summed E-state index contributed by atoms with van der Waals surface area (Å²) in [6.45, 7) is -0.823. The van der Waals surface area contributed by atoms with E-state index in [0.717, 1.165) is 0 Å². The third-order valence-corrected chi connectivity index (χ3v) is 3.92. The average molecular weight is 424 g/mol. The molecule has 0 radical (unpaired) electrons. The molecule has 8 N–H and O–H groups in total. The number of phenols is 1. The van der Waals surface area contributed by atoms with Crippen LogP contribution in [0.3, 0.4) is 0 Å². The second-order valence-electron chi connectivity index (χ2n) is 6.30. The molecule has 0 bridgehead atoms. The molecule has 2 unspecified atom stereocenters. The highest BCUT2D eigenvalue weighted by Gasteiger charge is 2.27. The number of amides is 3. The lowest BCUT2D eigenvalue weighted by Gasteiger charge is -2.21. The molecule has 0 spiro atoms. The van der Waals surface area contributed by atoms with Gasteiger partial charge in [0.15, 0.2) is 0 Å². The minimum atomic E-state index is -1.36. The van der Waals surface area contributed by atoms with Crippen LogP contribution in [0.15, 0.2) is 24.3 Å². The van der Waals surface area contributed by atoms with Gasteiger partial charge in [-0.3, -0.25) is 19.2 Å². The fourth-order valence-electron chi connectivity index (χ4n) is 2.37. The summed E-state index contributed by atoms with van der Waals surface area (Å²) in [5, 5.41) is 34.3. The highest BCUT2D eigenvalue weighted by molar-refractivity contribution is 5.92. The number of benzene rings is 1. The maximum absolute atomic E-state index is 12.5. The summed E-state index contributed by atoms with van der Waals surface area (Å²) in [4.78, 5) is 57.9. The van der Waals surface area contributed by atoms with E-state index in [4.69, 9.17) is 10.8 Å². The molecule has 0 heterocycles. The fraction of sp³-hybridized carbons (Fsp3) is 0.389. The van der Waals surface area contributed by atoms with Gasteiger partial charge in [-0.2, -0.15) is 0 Å². The zero-order valence-corrected chi connectivity index (χ0v) is 16.0. The number of hydrogen-bond donors (Lipinski definition) is 7. The molecule has 164 valence electrons. The van der Waals surface area contributed by atoms with E-state index in [1.165, 1.54) is 24.3 Å². The Kier molecular flexibility index (Phi) is 9.76. The summed E-state index contributed by atoms with van der Waals surface area (Å²) in [7, 11) is 0. The second kappa shape index (κ2) is 12.0. The number of carboxylic acid groups (broad SMARTS) is 2. The lowest BCUT2D eigenvalue weighted by molar-refractivity contribution is -0.143. The molecule has 1 rings (SSSR count). The third kappa shape index (κ3) is 9.01. The molecule has 0 aliphatic heterocycles. The maximum atomic E-state index is 12.5. The number of aliphatic carboxylic acids is 2. The van der Waals surface area contributed by atoms with Gasteiger partial charge in [0.2, 0.25) is 17.7 Å². The number of carbonyl (C=O) groups is 5.